The maximum Gasteiger partial charge on any atom is 0.339 e. The zero-order valence-electron chi connectivity index (χ0n) is 12.8. The third-order valence-corrected chi connectivity index (χ3v) is 3.67. The van der Waals surface area contributed by atoms with E-state index in [2.05, 4.69) is 15.9 Å². The largest absolute Gasteiger partial charge is 0.456 e. The van der Waals surface area contributed by atoms with E-state index in [1.807, 2.05) is 24.3 Å². The molecule has 0 amide bonds. The van der Waals surface area contributed by atoms with E-state index in [9.17, 15) is 9.18 Å². The van der Waals surface area contributed by atoms with Crippen LogP contribution in [0.5, 0.6) is 0 Å². The molecule has 0 radical (unpaired) electrons. The Hall–Kier alpha value is -1.68. The van der Waals surface area contributed by atoms with Crippen LogP contribution in [0.25, 0.3) is 11.1 Å². The van der Waals surface area contributed by atoms with Crippen LogP contribution in [0, 0.1) is 5.82 Å². The van der Waals surface area contributed by atoms with E-state index in [-0.39, 0.29) is 5.56 Å². The van der Waals surface area contributed by atoms with Crippen LogP contribution in [0.1, 0.15) is 36.7 Å². The number of carbonyl (C=O) groups is 1. The normalized spacial score (nSPS) is 11.3. The fourth-order valence-electron chi connectivity index (χ4n) is 2.04. The molecule has 0 aliphatic heterocycles. The van der Waals surface area contributed by atoms with Crippen LogP contribution in [0.4, 0.5) is 4.39 Å². The fraction of sp³-hybridized carbons (Fsp3) is 0.278. The summed E-state index contributed by atoms with van der Waals surface area (Å²) in [5.41, 5.74) is 2.26. The molecule has 0 heterocycles. The number of halogens is 2. The second-order valence-corrected chi connectivity index (χ2v) is 6.58. The molecule has 0 bridgehead atoms. The quantitative estimate of drug-likeness (QED) is 0.542. The van der Waals surface area contributed by atoms with Gasteiger partial charge in [-0.1, -0.05) is 46.3 Å². The van der Waals surface area contributed by atoms with Crippen molar-refractivity contribution < 1.29 is 13.9 Å². The molecule has 0 spiro atoms. The van der Waals surface area contributed by atoms with Gasteiger partial charge in [0.1, 0.15) is 11.4 Å². The zero-order chi connectivity index (χ0) is 16.3. The van der Waals surface area contributed by atoms with Crippen molar-refractivity contribution in [2.45, 2.75) is 31.7 Å². The van der Waals surface area contributed by atoms with E-state index < -0.39 is 17.4 Å². The summed E-state index contributed by atoms with van der Waals surface area (Å²) in [5, 5.41) is 0.760. The Bertz CT molecular complexity index is 672. The van der Waals surface area contributed by atoms with Crippen LogP contribution >= 0.6 is 15.9 Å². The molecule has 2 aromatic rings. The molecular formula is C18H18BrFO2. The van der Waals surface area contributed by atoms with Crippen molar-refractivity contribution in [3.8, 4) is 11.1 Å². The molecule has 0 aliphatic rings. The number of hydrogen-bond donors (Lipinski definition) is 0. The van der Waals surface area contributed by atoms with E-state index >= 15 is 0 Å². The van der Waals surface area contributed by atoms with Gasteiger partial charge in [0.25, 0.3) is 0 Å². The van der Waals surface area contributed by atoms with Crippen LogP contribution in [0.3, 0.4) is 0 Å². The van der Waals surface area contributed by atoms with Crippen LogP contribution in [-0.2, 0) is 10.1 Å². The van der Waals surface area contributed by atoms with Crippen molar-refractivity contribution in [1.29, 1.82) is 0 Å². The van der Waals surface area contributed by atoms with Crippen LogP contribution in [0.2, 0.25) is 0 Å². The Morgan fingerprint density at radius 2 is 1.77 bits per heavy atom. The highest BCUT2D eigenvalue weighted by Gasteiger charge is 2.21. The fourth-order valence-corrected chi connectivity index (χ4v) is 2.42. The van der Waals surface area contributed by atoms with E-state index in [0.717, 1.165) is 16.5 Å². The maximum absolute atomic E-state index is 13.6. The van der Waals surface area contributed by atoms with E-state index in [0.29, 0.717) is 5.56 Å². The van der Waals surface area contributed by atoms with Gasteiger partial charge in [0.2, 0.25) is 0 Å². The van der Waals surface area contributed by atoms with Crippen molar-refractivity contribution >= 4 is 21.9 Å². The van der Waals surface area contributed by atoms with Gasteiger partial charge in [-0.25, -0.2) is 9.18 Å². The van der Waals surface area contributed by atoms with Gasteiger partial charge in [-0.05, 0) is 49.6 Å². The molecule has 4 heteroatoms. The molecule has 0 fully saturated rings. The molecule has 0 aliphatic carbocycles. The van der Waals surface area contributed by atoms with Crippen molar-refractivity contribution in [2.24, 2.45) is 0 Å². The lowest BCUT2D eigenvalue weighted by Gasteiger charge is -2.20. The van der Waals surface area contributed by atoms with Gasteiger partial charge in [-0.2, -0.15) is 0 Å². The number of carbonyl (C=O) groups excluding carboxylic acids is 1. The molecule has 0 atom stereocenters. The summed E-state index contributed by atoms with van der Waals surface area (Å²) < 4.78 is 18.9. The summed E-state index contributed by atoms with van der Waals surface area (Å²) in [6.45, 7) is 5.36. The SMILES string of the molecule is CC(C)(C)OC(=O)c1cc(F)ccc1-c1ccc(CBr)cc1. The number of hydrogen-bond acceptors (Lipinski definition) is 2. The molecule has 0 saturated heterocycles. The lowest BCUT2D eigenvalue weighted by Crippen LogP contribution is -2.24. The standard InChI is InChI=1S/C18H18BrFO2/c1-18(2,3)22-17(21)16-10-14(20)8-9-15(16)13-6-4-12(11-19)5-7-13/h4-10H,11H2,1-3H3. The molecule has 116 valence electrons. The molecule has 0 unspecified atom stereocenters. The highest BCUT2D eigenvalue weighted by Crippen LogP contribution is 2.27. The topological polar surface area (TPSA) is 26.3 Å². The minimum Gasteiger partial charge on any atom is -0.456 e. The van der Waals surface area contributed by atoms with Gasteiger partial charge in [0.15, 0.2) is 0 Å². The predicted molar refractivity (Wildman–Crippen MR) is 89.6 cm³/mol. The van der Waals surface area contributed by atoms with E-state index in [1.54, 1.807) is 26.8 Å². The number of esters is 1. The van der Waals surface area contributed by atoms with Gasteiger partial charge in [-0.3, -0.25) is 0 Å². The summed E-state index contributed by atoms with van der Waals surface area (Å²) in [6.07, 6.45) is 0. The van der Waals surface area contributed by atoms with Gasteiger partial charge in [0, 0.05) is 5.33 Å². The Kier molecular flexibility index (Phi) is 5.01. The minimum absolute atomic E-state index is 0.238. The second-order valence-electron chi connectivity index (χ2n) is 6.02. The average Bonchev–Trinajstić information content (AvgIpc) is 2.45. The summed E-state index contributed by atoms with van der Waals surface area (Å²) >= 11 is 3.39. The molecule has 0 N–H and O–H groups in total. The lowest BCUT2D eigenvalue weighted by molar-refractivity contribution is 0.00699. The Morgan fingerprint density at radius 3 is 2.32 bits per heavy atom. The first-order valence-corrected chi connectivity index (χ1v) is 8.10. The Labute approximate surface area is 138 Å². The molecule has 0 saturated carbocycles. The smallest absolute Gasteiger partial charge is 0.339 e. The summed E-state index contributed by atoms with van der Waals surface area (Å²) in [7, 11) is 0. The number of alkyl halides is 1. The summed E-state index contributed by atoms with van der Waals surface area (Å²) in [5.74, 6) is -0.978. The van der Waals surface area contributed by atoms with Crippen LogP contribution in [-0.4, -0.2) is 11.6 Å². The second kappa shape index (κ2) is 6.61. The van der Waals surface area contributed by atoms with Gasteiger partial charge in [-0.15, -0.1) is 0 Å². The van der Waals surface area contributed by atoms with Crippen molar-refractivity contribution in [2.75, 3.05) is 0 Å². The highest BCUT2D eigenvalue weighted by atomic mass is 79.9. The molecule has 2 rings (SSSR count). The van der Waals surface area contributed by atoms with E-state index in [4.69, 9.17) is 4.74 Å². The van der Waals surface area contributed by atoms with Crippen LogP contribution < -0.4 is 0 Å². The van der Waals surface area contributed by atoms with Crippen molar-refractivity contribution in [1.82, 2.24) is 0 Å². The third-order valence-electron chi connectivity index (χ3n) is 3.02. The van der Waals surface area contributed by atoms with Crippen molar-refractivity contribution in [3.05, 3.63) is 59.4 Å². The number of benzene rings is 2. The monoisotopic (exact) mass is 364 g/mol. The maximum atomic E-state index is 13.6. The Balaban J connectivity index is 2.45. The van der Waals surface area contributed by atoms with Gasteiger partial charge >= 0.3 is 5.97 Å². The van der Waals surface area contributed by atoms with Crippen LogP contribution in [0.15, 0.2) is 42.5 Å². The molecule has 0 aromatic heterocycles. The summed E-state index contributed by atoms with van der Waals surface area (Å²) in [6, 6.07) is 11.9. The molecular weight excluding hydrogens is 347 g/mol. The third kappa shape index (κ3) is 4.17. The first-order chi connectivity index (χ1) is 10.3. The number of rotatable bonds is 3. The molecule has 22 heavy (non-hydrogen) atoms. The molecule has 2 nitrogen and oxygen atoms in total. The number of ether oxygens (including phenoxy) is 1. The highest BCUT2D eigenvalue weighted by molar-refractivity contribution is 9.08. The van der Waals surface area contributed by atoms with Gasteiger partial charge < -0.3 is 4.74 Å². The summed E-state index contributed by atoms with van der Waals surface area (Å²) in [4.78, 5) is 12.3. The molecule has 2 aromatic carbocycles. The minimum atomic E-state index is -0.625. The Morgan fingerprint density at radius 1 is 1.14 bits per heavy atom. The predicted octanol–water partition coefficient (Wildman–Crippen LogP) is 5.34. The van der Waals surface area contributed by atoms with E-state index in [1.165, 1.54) is 12.1 Å². The van der Waals surface area contributed by atoms with Gasteiger partial charge in [0.05, 0.1) is 5.56 Å². The van der Waals surface area contributed by atoms with Crippen molar-refractivity contribution in [3.63, 3.8) is 0 Å². The lowest BCUT2D eigenvalue weighted by atomic mass is 9.98. The zero-order valence-corrected chi connectivity index (χ0v) is 14.4. The first-order valence-electron chi connectivity index (χ1n) is 6.98. The first kappa shape index (κ1) is 16.7. The average molecular weight is 365 g/mol.